The topological polar surface area (TPSA) is 366 Å². The smallest absolute Gasteiger partial charge is 0.336 e. The number of benzene rings is 8. The number of para-hydroxylation sites is 4. The molecule has 0 radical (unpaired) electrons. The molecule has 27 heteroatoms. The zero-order valence-electron chi connectivity index (χ0n) is 77.5. The Morgan fingerprint density at radius 1 is 0.353 bits per heavy atom. The number of ether oxygens (including phenoxy) is 10. The quantitative estimate of drug-likeness (QED) is 0.0421. The van der Waals surface area contributed by atoms with Crippen molar-refractivity contribution in [2.45, 2.75) is 119 Å². The molecule has 5 fully saturated rings. The van der Waals surface area contributed by atoms with Crippen molar-refractivity contribution in [1.82, 2.24) is 19.9 Å². The maximum atomic E-state index is 12.4. The summed E-state index contributed by atoms with van der Waals surface area (Å²) in [5.74, 6) is 0.857. The normalized spacial score (nSPS) is 18.3. The summed E-state index contributed by atoms with van der Waals surface area (Å²) in [6, 6.07) is 52.2. The molecule has 21 rings (SSSR count). The van der Waals surface area contributed by atoms with Crippen molar-refractivity contribution in [3.05, 3.63) is 237 Å². The van der Waals surface area contributed by atoms with Gasteiger partial charge in [0.15, 0.2) is 23.0 Å². The monoisotopic (exact) mass is 1840 g/mol. The number of aromatic carboxylic acids is 4. The van der Waals surface area contributed by atoms with Crippen LogP contribution < -0.4 is 18.9 Å². The van der Waals surface area contributed by atoms with Gasteiger partial charge in [-0.1, -0.05) is 97.1 Å². The summed E-state index contributed by atoms with van der Waals surface area (Å²) in [6.45, 7) is 22.2. The average Bonchev–Trinajstić information content (AvgIpc) is 1.38. The number of carboxylic acid groups (broad SMARTS) is 4. The van der Waals surface area contributed by atoms with E-state index >= 15 is 0 Å². The molecule has 5 N–H and O–H groups in total. The minimum Gasteiger partial charge on any atom is -0.493 e. The number of hydrogen-bond acceptors (Lipinski definition) is 23. The Kier molecular flexibility index (Phi) is 27.1. The van der Waals surface area contributed by atoms with Crippen molar-refractivity contribution < 1.29 is 110 Å². The average molecular weight is 1840 g/mol. The Morgan fingerprint density at radius 2 is 0.632 bits per heavy atom. The van der Waals surface area contributed by atoms with Gasteiger partial charge in [0, 0.05) is 101 Å². The molecular weight excluding hydrogens is 1730 g/mol. The van der Waals surface area contributed by atoms with Gasteiger partial charge in [-0.05, 0) is 201 Å². The van der Waals surface area contributed by atoms with Crippen molar-refractivity contribution in [2.24, 2.45) is 29.1 Å². The summed E-state index contributed by atoms with van der Waals surface area (Å²) >= 11 is 0. The first kappa shape index (κ1) is 92.8. The Labute approximate surface area is 783 Å². The Morgan fingerprint density at radius 3 is 0.904 bits per heavy atom. The van der Waals surface area contributed by atoms with Gasteiger partial charge in [0.05, 0.1) is 144 Å². The summed E-state index contributed by atoms with van der Waals surface area (Å²) < 4.78 is 81.8. The van der Waals surface area contributed by atoms with Gasteiger partial charge < -0.3 is 90.6 Å². The number of aromatic nitrogens is 4. The summed E-state index contributed by atoms with van der Waals surface area (Å²) in [5, 5.41) is 56.6. The van der Waals surface area contributed by atoms with Gasteiger partial charge in [-0.2, -0.15) is 0 Å². The highest BCUT2D eigenvalue weighted by atomic mass is 16.5. The molecule has 0 unspecified atom stereocenters. The Bertz CT molecular complexity index is 7040. The second kappa shape index (κ2) is 39.7. The van der Waals surface area contributed by atoms with Crippen LogP contribution in [0.4, 0.5) is 0 Å². The SMILES string of the molecule is CO[C@@H]1COCC[C@H]1COc1ccc(C)c2nc(-c3oc4ccccc4c3C)cc(C(=O)O)c12.CO[C@H]1COCC[C@H]1COc1ccc(C)c2nc(-c3oc4ccccc4c3C)cc(C(=O)O)c12.Cc1c(-c2cc(C(=O)O)c3c(OCC4CCC5(CC4)COC5)ccc(C)c3n2)oc2ccccc12.Cc1c(-c2cc(C(=O)O)c3c(OC[C@@H]4CCOC[C@H]4O)ccc(C)c3n2)oc2ccccc12. The van der Waals surface area contributed by atoms with E-state index in [0.29, 0.717) is 183 Å². The van der Waals surface area contributed by atoms with Gasteiger partial charge in [0.1, 0.15) is 68.1 Å². The first-order valence-electron chi connectivity index (χ1n) is 46.0. The van der Waals surface area contributed by atoms with E-state index in [-0.39, 0.29) is 65.4 Å². The van der Waals surface area contributed by atoms with E-state index in [9.17, 15) is 44.7 Å². The van der Waals surface area contributed by atoms with Gasteiger partial charge in [0.2, 0.25) is 0 Å². The fourth-order valence-corrected chi connectivity index (χ4v) is 19.4. The number of aryl methyl sites for hydroxylation is 8. The number of hydrogen-bond donors (Lipinski definition) is 5. The maximum absolute atomic E-state index is 12.4. The highest BCUT2D eigenvalue weighted by molar-refractivity contribution is 6.11. The predicted octanol–water partition coefficient (Wildman–Crippen LogP) is 22.1. The largest absolute Gasteiger partial charge is 0.493 e. The molecule has 6 atom stereocenters. The molecule has 136 heavy (non-hydrogen) atoms. The molecule has 1 aliphatic carbocycles. The first-order chi connectivity index (χ1) is 65.8. The molecule has 8 aromatic carbocycles. The third-order valence-corrected chi connectivity index (χ3v) is 27.5. The highest BCUT2D eigenvalue weighted by Crippen LogP contribution is 2.48. The van der Waals surface area contributed by atoms with Crippen LogP contribution in [0.3, 0.4) is 0 Å². The van der Waals surface area contributed by atoms with Crippen molar-refractivity contribution in [3.8, 4) is 68.8 Å². The molecule has 1 spiro atoms. The molecular formula is C109H108N4O23. The van der Waals surface area contributed by atoms with Crippen LogP contribution in [-0.4, -0.2) is 181 Å². The summed E-state index contributed by atoms with van der Waals surface area (Å²) in [5.41, 5.74) is 15.4. The van der Waals surface area contributed by atoms with E-state index in [4.69, 9.17) is 85.0 Å². The van der Waals surface area contributed by atoms with Crippen LogP contribution in [0.5, 0.6) is 23.0 Å². The molecule has 4 saturated heterocycles. The maximum Gasteiger partial charge on any atom is 0.336 e. The third kappa shape index (κ3) is 18.6. The molecule has 8 aromatic heterocycles. The van der Waals surface area contributed by atoms with Gasteiger partial charge >= 0.3 is 23.9 Å². The lowest BCUT2D eigenvalue weighted by Gasteiger charge is -2.46. The molecule has 1 saturated carbocycles. The van der Waals surface area contributed by atoms with Crippen LogP contribution in [0.25, 0.3) is 133 Å². The standard InChI is InChI=1S/C29H29NO5.2C27H27NO6.C26H25NO6/c1-17-7-8-24(34-14-19-9-11-29(12-10-19)15-33-16-29)25-21(28(31)32)13-22(30-26(17)25)27-18(2)20-5-3-4-6-23(20)35-27;2*1-15-8-9-22(33-13-17-10-11-32-14-23(17)31-3)24-19(27(29)30)12-20(28-25(15)24)26-16(2)18-6-4-5-7-21(18)34-26;1-14-7-8-22(32-12-16-9-10-31-13-20(16)28)23-18(26(29)30)11-19(27-24(14)23)25-15(2)17-5-3-4-6-21(17)33-25/h3-8,13,19H,9-12,14-16H2,1-2H3,(H,31,32);2*4-9,12,17,23H,10-11,13-14H2,1-3H3,(H,29,30);3-8,11,16,20,28H,9-10,12-13H2,1-2H3,(H,29,30)/t;17-,23+;17-,23-;16-,20+/m.000/s1. The molecule has 0 bridgehead atoms. The number of furan rings is 4. The first-order valence-corrected chi connectivity index (χ1v) is 46.0. The van der Waals surface area contributed by atoms with Gasteiger partial charge in [0.25, 0.3) is 0 Å². The van der Waals surface area contributed by atoms with E-state index in [1.165, 1.54) is 12.8 Å². The van der Waals surface area contributed by atoms with Crippen LogP contribution in [0, 0.1) is 84.5 Å². The van der Waals surface area contributed by atoms with E-state index in [0.717, 1.165) is 127 Å². The zero-order valence-corrected chi connectivity index (χ0v) is 77.5. The number of aliphatic hydroxyl groups is 1. The van der Waals surface area contributed by atoms with Gasteiger partial charge in [-0.3, -0.25) is 0 Å². The number of rotatable bonds is 22. The van der Waals surface area contributed by atoms with Crippen LogP contribution in [-0.2, 0) is 28.4 Å². The molecule has 0 amide bonds. The predicted molar refractivity (Wildman–Crippen MR) is 515 cm³/mol. The Hall–Kier alpha value is -13.6. The highest BCUT2D eigenvalue weighted by Gasteiger charge is 2.42. The summed E-state index contributed by atoms with van der Waals surface area (Å²) in [6.07, 6.45) is 6.22. The lowest BCUT2D eigenvalue weighted by Crippen LogP contribution is -2.45. The van der Waals surface area contributed by atoms with Gasteiger partial charge in [-0.25, -0.2) is 39.1 Å². The zero-order chi connectivity index (χ0) is 94.9. The number of aliphatic hydroxyl groups excluding tert-OH is 1. The minimum atomic E-state index is -1.07. The number of fused-ring (bicyclic) bond motifs is 8. The van der Waals surface area contributed by atoms with E-state index in [1.807, 2.05) is 195 Å². The summed E-state index contributed by atoms with van der Waals surface area (Å²) in [7, 11) is 3.34. The number of pyridine rings is 4. The fourth-order valence-electron chi connectivity index (χ4n) is 19.4. The van der Waals surface area contributed by atoms with Crippen LogP contribution in [0.15, 0.2) is 188 Å². The molecule has 16 aromatic rings. The minimum absolute atomic E-state index is 0.0507. The molecule has 27 nitrogen and oxygen atoms in total. The Balaban J connectivity index is 0.000000121. The molecule has 4 aliphatic heterocycles. The second-order valence-electron chi connectivity index (χ2n) is 36.2. The second-order valence-corrected chi connectivity index (χ2v) is 36.2. The number of methoxy groups -OCH3 is 2. The van der Waals surface area contributed by atoms with Crippen molar-refractivity contribution in [2.75, 3.05) is 93.5 Å². The fraction of sp³-hybridized carbons (Fsp3) is 0.339. The lowest BCUT2D eigenvalue weighted by molar-refractivity contribution is -0.137. The summed E-state index contributed by atoms with van der Waals surface area (Å²) in [4.78, 5) is 68.9. The van der Waals surface area contributed by atoms with Crippen LogP contribution >= 0.6 is 0 Å². The van der Waals surface area contributed by atoms with Crippen molar-refractivity contribution in [3.63, 3.8) is 0 Å². The number of carboxylic acids is 4. The molecule has 702 valence electrons. The lowest BCUT2D eigenvalue weighted by atomic mass is 9.69. The molecule has 12 heterocycles. The molecule has 5 aliphatic rings. The van der Waals surface area contributed by atoms with E-state index < -0.39 is 30.0 Å². The van der Waals surface area contributed by atoms with Gasteiger partial charge in [-0.15, -0.1) is 0 Å². The number of nitrogens with zero attached hydrogens (tertiary/aromatic N) is 4. The van der Waals surface area contributed by atoms with Crippen molar-refractivity contribution >= 4 is 111 Å². The van der Waals surface area contributed by atoms with E-state index in [1.54, 1.807) is 44.6 Å². The van der Waals surface area contributed by atoms with Crippen LogP contribution in [0.2, 0.25) is 0 Å². The number of carbonyl (C=O) groups is 4. The van der Waals surface area contributed by atoms with Crippen LogP contribution in [0.1, 0.15) is 131 Å². The van der Waals surface area contributed by atoms with Crippen molar-refractivity contribution in [1.29, 1.82) is 0 Å². The van der Waals surface area contributed by atoms with E-state index in [2.05, 4.69) is 0 Å². The third-order valence-electron chi connectivity index (χ3n) is 27.5.